The van der Waals surface area contributed by atoms with Crippen molar-refractivity contribution in [3.8, 4) is 0 Å². The Morgan fingerprint density at radius 2 is 2.06 bits per heavy atom. The molecule has 0 spiro atoms. The van der Waals surface area contributed by atoms with Crippen LogP contribution in [-0.4, -0.2) is 30.3 Å². The number of nitrogens with zero attached hydrogens (tertiary/aromatic N) is 2. The van der Waals surface area contributed by atoms with E-state index in [4.69, 9.17) is 0 Å². The first-order chi connectivity index (χ1) is 8.09. The number of Topliss-reactive ketones (excluding diaryl/α,β-unsaturated/α-hetero) is 1. The molecule has 4 nitrogen and oxygen atoms in total. The van der Waals surface area contributed by atoms with Gasteiger partial charge in [-0.1, -0.05) is 18.2 Å². The number of hydrogen-bond acceptors (Lipinski definition) is 2. The van der Waals surface area contributed by atoms with E-state index < -0.39 is 0 Å². The van der Waals surface area contributed by atoms with Crippen LogP contribution in [0.5, 0.6) is 0 Å². The van der Waals surface area contributed by atoms with Gasteiger partial charge in [-0.15, -0.1) is 0 Å². The molecular weight excluding hydrogens is 216 g/mol. The molecule has 0 saturated heterocycles. The second-order valence-electron chi connectivity index (χ2n) is 4.34. The molecule has 0 atom stereocenters. The van der Waals surface area contributed by atoms with Crippen LogP contribution in [-0.2, 0) is 11.3 Å². The second-order valence-corrected chi connectivity index (χ2v) is 4.34. The van der Waals surface area contributed by atoms with Crippen LogP contribution in [0.2, 0.25) is 0 Å². The first-order valence-corrected chi connectivity index (χ1v) is 5.69. The fourth-order valence-corrected chi connectivity index (χ4v) is 2.03. The maximum atomic E-state index is 12.0. The number of carbonyl (C=O) groups is 2. The minimum atomic E-state index is -0.0371. The third kappa shape index (κ3) is 2.30. The fraction of sp³-hybridized carbons (Fsp3) is 0.385. The third-order valence-corrected chi connectivity index (χ3v) is 3.01. The maximum absolute atomic E-state index is 12.0. The number of carbonyl (C=O) groups excluding carboxylic acids is 2. The van der Waals surface area contributed by atoms with E-state index in [2.05, 4.69) is 0 Å². The lowest BCUT2D eigenvalue weighted by Crippen LogP contribution is -2.45. The molecule has 1 aliphatic rings. The quantitative estimate of drug-likeness (QED) is 0.800. The Kier molecular flexibility index (Phi) is 3.13. The highest BCUT2D eigenvalue weighted by atomic mass is 16.2. The summed E-state index contributed by atoms with van der Waals surface area (Å²) < 4.78 is 0. The molecular formula is C13H16N2O2. The van der Waals surface area contributed by atoms with Crippen LogP contribution < -0.4 is 4.90 Å². The highest BCUT2D eigenvalue weighted by Gasteiger charge is 2.26. The van der Waals surface area contributed by atoms with Crippen molar-refractivity contribution in [3.63, 3.8) is 0 Å². The van der Waals surface area contributed by atoms with E-state index in [0.717, 1.165) is 11.3 Å². The van der Waals surface area contributed by atoms with Gasteiger partial charge in [0.25, 0.3) is 0 Å². The van der Waals surface area contributed by atoms with Crippen molar-refractivity contribution < 1.29 is 9.59 Å². The average Bonchev–Trinajstić information content (AvgIpc) is 2.32. The summed E-state index contributed by atoms with van der Waals surface area (Å²) in [4.78, 5) is 26.4. The molecule has 0 fully saturated rings. The van der Waals surface area contributed by atoms with Gasteiger partial charge in [0, 0.05) is 26.6 Å². The molecule has 2 amide bonds. The first-order valence-electron chi connectivity index (χ1n) is 5.69. The molecule has 4 heteroatoms. The lowest BCUT2D eigenvalue weighted by Gasteiger charge is -2.34. The van der Waals surface area contributed by atoms with Crippen molar-refractivity contribution in [1.29, 1.82) is 0 Å². The Labute approximate surface area is 101 Å². The topological polar surface area (TPSA) is 40.6 Å². The minimum absolute atomic E-state index is 0.0371. The van der Waals surface area contributed by atoms with Crippen LogP contribution in [0.4, 0.5) is 10.5 Å². The highest BCUT2D eigenvalue weighted by molar-refractivity contribution is 5.94. The fourth-order valence-electron chi connectivity index (χ4n) is 2.03. The summed E-state index contributed by atoms with van der Waals surface area (Å²) >= 11 is 0. The van der Waals surface area contributed by atoms with E-state index in [1.54, 1.807) is 23.8 Å². The molecule has 90 valence electrons. The number of fused-ring (bicyclic) bond motifs is 1. The van der Waals surface area contributed by atoms with Gasteiger partial charge >= 0.3 is 6.03 Å². The molecule has 1 aromatic carbocycles. The predicted molar refractivity (Wildman–Crippen MR) is 65.9 cm³/mol. The second kappa shape index (κ2) is 4.57. The first kappa shape index (κ1) is 11.6. The number of benzene rings is 1. The van der Waals surface area contributed by atoms with Crippen LogP contribution in [0.1, 0.15) is 18.9 Å². The van der Waals surface area contributed by atoms with Crippen LogP contribution >= 0.6 is 0 Å². The van der Waals surface area contributed by atoms with E-state index in [0.29, 0.717) is 19.5 Å². The third-order valence-electron chi connectivity index (χ3n) is 3.01. The summed E-state index contributed by atoms with van der Waals surface area (Å²) in [6, 6.07) is 7.80. The molecule has 0 radical (unpaired) electrons. The van der Waals surface area contributed by atoms with Crippen LogP contribution in [0, 0.1) is 0 Å². The van der Waals surface area contributed by atoms with E-state index in [1.807, 2.05) is 24.3 Å². The summed E-state index contributed by atoms with van der Waals surface area (Å²) in [6.07, 6.45) is 0.418. The normalized spacial score (nSPS) is 14.8. The summed E-state index contributed by atoms with van der Waals surface area (Å²) in [6.45, 7) is 2.63. The molecule has 1 aliphatic heterocycles. The van der Waals surface area contributed by atoms with Gasteiger partial charge in [-0.05, 0) is 18.6 Å². The number of amides is 2. The SMILES string of the molecule is CC(=O)CCN1Cc2ccccc2N(C)C1=O. The van der Waals surface area contributed by atoms with Crippen LogP contribution in [0.15, 0.2) is 24.3 Å². The van der Waals surface area contributed by atoms with Gasteiger partial charge in [-0.2, -0.15) is 0 Å². The van der Waals surface area contributed by atoms with Crippen molar-refractivity contribution >= 4 is 17.5 Å². The summed E-state index contributed by atoms with van der Waals surface area (Å²) in [5.74, 6) is 0.110. The number of anilines is 1. The summed E-state index contributed by atoms with van der Waals surface area (Å²) in [5.41, 5.74) is 2.08. The smallest absolute Gasteiger partial charge is 0.320 e. The zero-order chi connectivity index (χ0) is 12.4. The van der Waals surface area contributed by atoms with Crippen LogP contribution in [0.25, 0.3) is 0 Å². The van der Waals surface area contributed by atoms with Gasteiger partial charge in [-0.3, -0.25) is 9.69 Å². The van der Waals surface area contributed by atoms with Gasteiger partial charge in [0.2, 0.25) is 0 Å². The Balaban J connectivity index is 2.19. The van der Waals surface area contributed by atoms with E-state index in [-0.39, 0.29) is 11.8 Å². The largest absolute Gasteiger partial charge is 0.324 e. The predicted octanol–water partition coefficient (Wildman–Crippen LogP) is 2.04. The molecule has 1 aromatic rings. The molecule has 0 N–H and O–H groups in total. The number of ketones is 1. The van der Waals surface area contributed by atoms with Crippen molar-refractivity contribution in [3.05, 3.63) is 29.8 Å². The van der Waals surface area contributed by atoms with Crippen molar-refractivity contribution in [2.45, 2.75) is 19.9 Å². The molecule has 0 unspecified atom stereocenters. The lowest BCUT2D eigenvalue weighted by atomic mass is 10.1. The lowest BCUT2D eigenvalue weighted by molar-refractivity contribution is -0.117. The maximum Gasteiger partial charge on any atom is 0.324 e. The van der Waals surface area contributed by atoms with Crippen molar-refractivity contribution in [2.75, 3.05) is 18.5 Å². The van der Waals surface area contributed by atoms with Gasteiger partial charge in [0.05, 0.1) is 5.69 Å². The Morgan fingerprint density at radius 1 is 1.35 bits per heavy atom. The Hall–Kier alpha value is -1.84. The van der Waals surface area contributed by atoms with Gasteiger partial charge in [0.1, 0.15) is 5.78 Å². The Morgan fingerprint density at radius 3 is 2.76 bits per heavy atom. The number of para-hydroxylation sites is 1. The molecule has 0 bridgehead atoms. The zero-order valence-electron chi connectivity index (χ0n) is 10.1. The molecule has 17 heavy (non-hydrogen) atoms. The minimum Gasteiger partial charge on any atom is -0.320 e. The number of urea groups is 1. The molecule has 1 heterocycles. The van der Waals surface area contributed by atoms with E-state index in [9.17, 15) is 9.59 Å². The van der Waals surface area contributed by atoms with Gasteiger partial charge in [-0.25, -0.2) is 4.79 Å². The van der Waals surface area contributed by atoms with Crippen molar-refractivity contribution in [2.24, 2.45) is 0 Å². The molecule has 2 rings (SSSR count). The summed E-state index contributed by atoms with van der Waals surface area (Å²) in [5, 5.41) is 0. The van der Waals surface area contributed by atoms with E-state index >= 15 is 0 Å². The number of rotatable bonds is 3. The number of hydrogen-bond donors (Lipinski definition) is 0. The average molecular weight is 232 g/mol. The molecule has 0 saturated carbocycles. The van der Waals surface area contributed by atoms with Gasteiger partial charge < -0.3 is 4.90 Å². The zero-order valence-corrected chi connectivity index (χ0v) is 10.1. The van der Waals surface area contributed by atoms with Gasteiger partial charge in [0.15, 0.2) is 0 Å². The summed E-state index contributed by atoms with van der Waals surface area (Å²) in [7, 11) is 1.76. The van der Waals surface area contributed by atoms with Crippen LogP contribution in [0.3, 0.4) is 0 Å². The monoisotopic (exact) mass is 232 g/mol. The molecule has 0 aromatic heterocycles. The van der Waals surface area contributed by atoms with Crippen molar-refractivity contribution in [1.82, 2.24) is 4.90 Å². The Bertz CT molecular complexity index is 456. The highest BCUT2D eigenvalue weighted by Crippen LogP contribution is 2.26. The molecule has 0 aliphatic carbocycles. The standard InChI is InChI=1S/C13H16N2O2/c1-10(16)7-8-15-9-11-5-3-4-6-12(11)14(2)13(15)17/h3-6H,7-9H2,1-2H3. The van der Waals surface area contributed by atoms with E-state index in [1.165, 1.54) is 0 Å².